The second-order valence-electron chi connectivity index (χ2n) is 3.75. The molecule has 1 nitrogen and oxygen atoms in total. The van der Waals surface area contributed by atoms with Crippen LogP contribution in [0.25, 0.3) is 11.1 Å². The third-order valence-corrected chi connectivity index (χ3v) is 2.77. The first-order chi connectivity index (χ1) is 8.42. The van der Waals surface area contributed by atoms with Gasteiger partial charge in [0.1, 0.15) is 5.75 Å². The number of para-hydroxylation sites is 1. The Hall–Kier alpha value is -1.47. The van der Waals surface area contributed by atoms with Crippen molar-refractivity contribution < 1.29 is 4.74 Å². The maximum Gasteiger partial charge on any atom is 0.127 e. The molecule has 0 spiro atoms. The Bertz CT molecular complexity index is 453. The van der Waals surface area contributed by atoms with Crippen molar-refractivity contribution in [2.75, 3.05) is 12.5 Å². The Balaban J connectivity index is 2.22. The van der Waals surface area contributed by atoms with E-state index < -0.39 is 0 Å². The van der Waals surface area contributed by atoms with Gasteiger partial charge in [-0.15, -0.1) is 11.6 Å². The number of rotatable bonds is 5. The monoisotopic (exact) mass is 246 g/mol. The Kier molecular flexibility index (Phi) is 4.45. The summed E-state index contributed by atoms with van der Waals surface area (Å²) in [6.07, 6.45) is 0.866. The van der Waals surface area contributed by atoms with Gasteiger partial charge in [-0.25, -0.2) is 0 Å². The molecule has 0 bridgehead atoms. The zero-order valence-corrected chi connectivity index (χ0v) is 10.4. The number of alkyl halides is 1. The van der Waals surface area contributed by atoms with Crippen molar-refractivity contribution in [1.29, 1.82) is 0 Å². The molecule has 2 aromatic rings. The minimum Gasteiger partial charge on any atom is -0.493 e. The van der Waals surface area contributed by atoms with Gasteiger partial charge in [0.25, 0.3) is 0 Å². The van der Waals surface area contributed by atoms with Gasteiger partial charge in [0.05, 0.1) is 6.61 Å². The lowest BCUT2D eigenvalue weighted by atomic mass is 10.1. The molecule has 0 N–H and O–H groups in total. The molecular weight excluding hydrogens is 232 g/mol. The van der Waals surface area contributed by atoms with Gasteiger partial charge in [-0.3, -0.25) is 0 Å². The molecule has 17 heavy (non-hydrogen) atoms. The molecule has 0 amide bonds. The number of hydrogen-bond acceptors (Lipinski definition) is 1. The van der Waals surface area contributed by atoms with E-state index in [4.69, 9.17) is 16.3 Å². The van der Waals surface area contributed by atoms with Crippen molar-refractivity contribution in [1.82, 2.24) is 0 Å². The molecule has 0 radical (unpaired) electrons. The molecule has 2 rings (SSSR count). The zero-order valence-electron chi connectivity index (χ0n) is 9.60. The molecule has 2 heteroatoms. The predicted octanol–water partition coefficient (Wildman–Crippen LogP) is 4.36. The lowest BCUT2D eigenvalue weighted by molar-refractivity contribution is 0.319. The van der Waals surface area contributed by atoms with Crippen molar-refractivity contribution in [2.45, 2.75) is 6.42 Å². The summed E-state index contributed by atoms with van der Waals surface area (Å²) < 4.78 is 5.75. The normalized spacial score (nSPS) is 10.2. The fraction of sp³-hybridized carbons (Fsp3) is 0.200. The Morgan fingerprint density at radius 2 is 1.59 bits per heavy atom. The van der Waals surface area contributed by atoms with E-state index in [-0.39, 0.29) is 0 Å². The van der Waals surface area contributed by atoms with E-state index in [2.05, 4.69) is 18.2 Å². The van der Waals surface area contributed by atoms with Crippen LogP contribution in [0, 0.1) is 0 Å². The first kappa shape index (κ1) is 12.0. The van der Waals surface area contributed by atoms with Gasteiger partial charge in [-0.2, -0.15) is 0 Å². The van der Waals surface area contributed by atoms with Gasteiger partial charge in [-0.05, 0) is 18.1 Å². The second kappa shape index (κ2) is 6.31. The minimum atomic E-state index is 0.632. The predicted molar refractivity (Wildman–Crippen MR) is 72.7 cm³/mol. The number of ether oxygens (including phenoxy) is 1. The van der Waals surface area contributed by atoms with Crippen LogP contribution in [0.15, 0.2) is 54.6 Å². The van der Waals surface area contributed by atoms with Gasteiger partial charge in [0, 0.05) is 11.4 Å². The summed E-state index contributed by atoms with van der Waals surface area (Å²) in [5.41, 5.74) is 2.30. The minimum absolute atomic E-state index is 0.632. The highest BCUT2D eigenvalue weighted by atomic mass is 35.5. The molecule has 2 aromatic carbocycles. The van der Waals surface area contributed by atoms with E-state index in [0.717, 1.165) is 17.7 Å². The van der Waals surface area contributed by atoms with Crippen LogP contribution < -0.4 is 4.74 Å². The van der Waals surface area contributed by atoms with Crippen LogP contribution in [0.1, 0.15) is 6.42 Å². The van der Waals surface area contributed by atoms with E-state index in [1.165, 1.54) is 5.56 Å². The summed E-state index contributed by atoms with van der Waals surface area (Å²) in [6.45, 7) is 0.660. The Morgan fingerprint density at radius 3 is 2.35 bits per heavy atom. The van der Waals surface area contributed by atoms with E-state index in [1.807, 2.05) is 36.4 Å². The number of halogens is 1. The van der Waals surface area contributed by atoms with Crippen LogP contribution >= 0.6 is 11.6 Å². The average Bonchev–Trinajstić information content (AvgIpc) is 2.41. The SMILES string of the molecule is ClCCCOc1ccccc1-c1ccccc1. The smallest absolute Gasteiger partial charge is 0.127 e. The van der Waals surface area contributed by atoms with E-state index in [9.17, 15) is 0 Å². The molecule has 0 unspecified atom stereocenters. The first-order valence-electron chi connectivity index (χ1n) is 5.75. The molecule has 0 aromatic heterocycles. The highest BCUT2D eigenvalue weighted by Gasteiger charge is 2.04. The molecular formula is C15H15ClO. The summed E-state index contributed by atoms with van der Waals surface area (Å²) in [4.78, 5) is 0. The third-order valence-electron chi connectivity index (χ3n) is 2.51. The van der Waals surface area contributed by atoms with Crippen molar-refractivity contribution in [3.63, 3.8) is 0 Å². The number of benzene rings is 2. The molecule has 0 aliphatic rings. The molecule has 0 saturated heterocycles. The third kappa shape index (κ3) is 3.24. The van der Waals surface area contributed by atoms with E-state index >= 15 is 0 Å². The standard InChI is InChI=1S/C15H15ClO/c16-11-6-12-17-15-10-5-4-9-14(15)13-7-2-1-3-8-13/h1-5,7-10H,6,11-12H2. The number of hydrogen-bond donors (Lipinski definition) is 0. The summed E-state index contributed by atoms with van der Waals surface area (Å²) in [5, 5.41) is 0. The van der Waals surface area contributed by atoms with Crippen LogP contribution in [0.4, 0.5) is 0 Å². The lowest BCUT2D eigenvalue weighted by Gasteiger charge is -2.10. The quantitative estimate of drug-likeness (QED) is 0.563. The van der Waals surface area contributed by atoms with E-state index in [1.54, 1.807) is 0 Å². The van der Waals surface area contributed by atoms with Crippen molar-refractivity contribution in [2.24, 2.45) is 0 Å². The van der Waals surface area contributed by atoms with E-state index in [0.29, 0.717) is 12.5 Å². The highest BCUT2D eigenvalue weighted by Crippen LogP contribution is 2.29. The Labute approximate surface area is 107 Å². The summed E-state index contributed by atoms with van der Waals surface area (Å²) in [6, 6.07) is 18.3. The largest absolute Gasteiger partial charge is 0.493 e. The Morgan fingerprint density at radius 1 is 0.882 bits per heavy atom. The fourth-order valence-corrected chi connectivity index (χ4v) is 1.79. The molecule has 0 saturated carbocycles. The van der Waals surface area contributed by atoms with Gasteiger partial charge in [-0.1, -0.05) is 48.5 Å². The maximum absolute atomic E-state index is 5.75. The van der Waals surface area contributed by atoms with Crippen LogP contribution in [-0.4, -0.2) is 12.5 Å². The summed E-state index contributed by atoms with van der Waals surface area (Å²) in [7, 11) is 0. The van der Waals surface area contributed by atoms with Crippen molar-refractivity contribution >= 4 is 11.6 Å². The molecule has 0 aliphatic heterocycles. The zero-order chi connectivity index (χ0) is 11.9. The van der Waals surface area contributed by atoms with Gasteiger partial charge >= 0.3 is 0 Å². The molecule has 0 heterocycles. The average molecular weight is 247 g/mol. The molecule has 0 atom stereocenters. The van der Waals surface area contributed by atoms with Gasteiger partial charge in [0.15, 0.2) is 0 Å². The van der Waals surface area contributed by atoms with Crippen LogP contribution in [0.3, 0.4) is 0 Å². The second-order valence-corrected chi connectivity index (χ2v) is 4.13. The van der Waals surface area contributed by atoms with Crippen LogP contribution in [0.5, 0.6) is 5.75 Å². The molecule has 0 fully saturated rings. The molecule has 88 valence electrons. The van der Waals surface area contributed by atoms with Gasteiger partial charge < -0.3 is 4.74 Å². The van der Waals surface area contributed by atoms with Crippen molar-refractivity contribution in [3.8, 4) is 16.9 Å². The topological polar surface area (TPSA) is 9.23 Å². The van der Waals surface area contributed by atoms with Crippen LogP contribution in [0.2, 0.25) is 0 Å². The fourth-order valence-electron chi connectivity index (χ4n) is 1.69. The summed E-state index contributed by atoms with van der Waals surface area (Å²) >= 11 is 5.64. The van der Waals surface area contributed by atoms with Crippen LogP contribution in [-0.2, 0) is 0 Å². The first-order valence-corrected chi connectivity index (χ1v) is 6.28. The van der Waals surface area contributed by atoms with Gasteiger partial charge in [0.2, 0.25) is 0 Å². The summed E-state index contributed by atoms with van der Waals surface area (Å²) in [5.74, 6) is 1.55. The lowest BCUT2D eigenvalue weighted by Crippen LogP contribution is -1.99. The molecule has 0 aliphatic carbocycles. The highest BCUT2D eigenvalue weighted by molar-refractivity contribution is 6.17. The van der Waals surface area contributed by atoms with Crippen molar-refractivity contribution in [3.05, 3.63) is 54.6 Å². The maximum atomic E-state index is 5.75.